The number of hydrogen-bond acceptors (Lipinski definition) is 5. The maximum Gasteiger partial charge on any atom is 0.417 e. The molecule has 7 nitrogen and oxygen atoms in total. The summed E-state index contributed by atoms with van der Waals surface area (Å²) < 4.78 is 10.3. The largest absolute Gasteiger partial charge is 0.453 e. The van der Waals surface area contributed by atoms with Crippen LogP contribution in [-0.2, 0) is 4.74 Å². The van der Waals surface area contributed by atoms with E-state index in [1.165, 1.54) is 13.5 Å². The highest BCUT2D eigenvalue weighted by Crippen LogP contribution is 2.31. The number of fused-ring (bicyclic) bond motifs is 1. The lowest BCUT2D eigenvalue weighted by molar-refractivity contribution is 0.0989. The van der Waals surface area contributed by atoms with Crippen LogP contribution in [0.3, 0.4) is 0 Å². The molecule has 2 aliphatic heterocycles. The van der Waals surface area contributed by atoms with Crippen LogP contribution in [0.2, 0.25) is 0 Å². The van der Waals surface area contributed by atoms with Crippen LogP contribution in [0, 0.1) is 5.92 Å². The van der Waals surface area contributed by atoms with E-state index < -0.39 is 0 Å². The average molecular weight is 402 g/mol. The highest BCUT2D eigenvalue weighted by molar-refractivity contribution is 5.76. The number of methoxy groups -OCH3 is 1. The molecule has 3 heterocycles. The van der Waals surface area contributed by atoms with Gasteiger partial charge in [0.25, 0.3) is 0 Å². The Labute approximate surface area is 171 Å². The first-order valence-corrected chi connectivity index (χ1v) is 10.8. The number of nitrogens with one attached hydrogen (secondary N) is 1. The third-order valence-corrected chi connectivity index (χ3v) is 6.46. The lowest BCUT2D eigenvalue weighted by Crippen LogP contribution is -2.40. The summed E-state index contributed by atoms with van der Waals surface area (Å²) in [6, 6.07) is 5.99. The van der Waals surface area contributed by atoms with E-state index in [0.717, 1.165) is 81.5 Å². The zero-order valence-corrected chi connectivity index (χ0v) is 17.2. The standard InChI is InChI=1S/C22H31N3O4/c1-28-22(27)25-13-4-7-16(14-25)6-3-11-24-12-5-8-17(15-24)18-9-2-10-19-20(18)29-21(26)23-19/h2,9-10,16-17H,3-8,11-15H2,1H3,(H,23,26)/t16-,17+/m0/s1. The van der Waals surface area contributed by atoms with Gasteiger partial charge in [-0.15, -0.1) is 0 Å². The van der Waals surface area contributed by atoms with Crippen LogP contribution in [0.4, 0.5) is 4.79 Å². The zero-order valence-electron chi connectivity index (χ0n) is 17.2. The molecule has 1 N–H and O–H groups in total. The molecule has 158 valence electrons. The fraction of sp³-hybridized carbons (Fsp3) is 0.636. The van der Waals surface area contributed by atoms with Crippen LogP contribution in [0.15, 0.2) is 27.4 Å². The summed E-state index contributed by atoms with van der Waals surface area (Å²) in [5, 5.41) is 0. The van der Waals surface area contributed by atoms with Gasteiger partial charge >= 0.3 is 11.8 Å². The Morgan fingerprint density at radius 2 is 2.10 bits per heavy atom. The molecule has 0 saturated carbocycles. The summed E-state index contributed by atoms with van der Waals surface area (Å²) in [7, 11) is 1.46. The van der Waals surface area contributed by atoms with Gasteiger partial charge in [-0.25, -0.2) is 9.59 Å². The van der Waals surface area contributed by atoms with Crippen molar-refractivity contribution in [1.29, 1.82) is 0 Å². The molecule has 1 aromatic carbocycles. The van der Waals surface area contributed by atoms with E-state index in [9.17, 15) is 9.59 Å². The van der Waals surface area contributed by atoms with Gasteiger partial charge in [0.05, 0.1) is 12.6 Å². The number of ether oxygens (including phenoxy) is 1. The Morgan fingerprint density at radius 3 is 2.97 bits per heavy atom. The maximum atomic E-state index is 11.8. The zero-order chi connectivity index (χ0) is 20.2. The minimum atomic E-state index is -0.381. The number of benzene rings is 1. The van der Waals surface area contributed by atoms with Crippen molar-refractivity contribution in [3.05, 3.63) is 34.3 Å². The summed E-state index contributed by atoms with van der Waals surface area (Å²) in [5.74, 6) is 0.593. The molecule has 0 unspecified atom stereocenters. The van der Waals surface area contributed by atoms with E-state index >= 15 is 0 Å². The number of aromatic amines is 1. The van der Waals surface area contributed by atoms with Gasteiger partial charge in [0.2, 0.25) is 0 Å². The van der Waals surface area contributed by atoms with E-state index in [-0.39, 0.29) is 11.8 Å². The third kappa shape index (κ3) is 4.66. The Hall–Kier alpha value is -2.28. The molecule has 0 aliphatic carbocycles. The normalized spacial score (nSPS) is 23.4. The Balaban J connectivity index is 1.30. The van der Waals surface area contributed by atoms with Crippen LogP contribution in [0.25, 0.3) is 11.1 Å². The molecule has 0 spiro atoms. The van der Waals surface area contributed by atoms with Crippen LogP contribution >= 0.6 is 0 Å². The first-order valence-electron chi connectivity index (χ1n) is 10.8. The highest BCUT2D eigenvalue weighted by atomic mass is 16.5. The quantitative estimate of drug-likeness (QED) is 0.829. The number of rotatable bonds is 5. The summed E-state index contributed by atoms with van der Waals surface area (Å²) in [5.41, 5.74) is 2.65. The second kappa shape index (κ2) is 9.03. The molecule has 0 bridgehead atoms. The molecule has 29 heavy (non-hydrogen) atoms. The fourth-order valence-electron chi connectivity index (χ4n) is 5.03. The van der Waals surface area contributed by atoms with E-state index in [4.69, 9.17) is 9.15 Å². The van der Waals surface area contributed by atoms with Gasteiger partial charge in [-0.3, -0.25) is 4.98 Å². The summed E-state index contributed by atoms with van der Waals surface area (Å²) >= 11 is 0. The Morgan fingerprint density at radius 1 is 1.24 bits per heavy atom. The molecule has 2 aliphatic rings. The van der Waals surface area contributed by atoms with E-state index in [1.54, 1.807) is 0 Å². The monoisotopic (exact) mass is 401 g/mol. The molecule has 0 radical (unpaired) electrons. The van der Waals surface area contributed by atoms with Crippen molar-refractivity contribution >= 4 is 17.2 Å². The first-order chi connectivity index (χ1) is 14.1. The molecule has 2 fully saturated rings. The molecule has 2 saturated heterocycles. The SMILES string of the molecule is COC(=O)N1CCC[C@H](CCCN2CCC[C@@H](c3cccc4[nH]c(=O)oc34)C2)C1. The number of oxazole rings is 1. The number of carbonyl (C=O) groups is 1. The predicted molar refractivity (Wildman–Crippen MR) is 111 cm³/mol. The van der Waals surface area contributed by atoms with E-state index in [2.05, 4.69) is 16.0 Å². The minimum absolute atomic E-state index is 0.195. The van der Waals surface area contributed by atoms with Crippen molar-refractivity contribution in [3.63, 3.8) is 0 Å². The molecule has 1 amide bonds. The van der Waals surface area contributed by atoms with Gasteiger partial charge in [-0.2, -0.15) is 0 Å². The smallest absolute Gasteiger partial charge is 0.417 e. The summed E-state index contributed by atoms with van der Waals surface area (Å²) in [6.45, 7) is 4.86. The average Bonchev–Trinajstić information content (AvgIpc) is 3.14. The molecular weight excluding hydrogens is 370 g/mol. The van der Waals surface area contributed by atoms with Gasteiger partial charge in [0, 0.05) is 31.1 Å². The summed E-state index contributed by atoms with van der Waals surface area (Å²) in [4.78, 5) is 30.5. The van der Waals surface area contributed by atoms with Gasteiger partial charge in [0.1, 0.15) is 0 Å². The highest BCUT2D eigenvalue weighted by Gasteiger charge is 2.26. The number of likely N-dealkylation sites (tertiary alicyclic amines) is 2. The van der Waals surface area contributed by atoms with E-state index in [0.29, 0.717) is 11.8 Å². The number of piperidine rings is 2. The topological polar surface area (TPSA) is 78.8 Å². The molecule has 1 aromatic heterocycles. The Kier molecular flexibility index (Phi) is 6.23. The maximum absolute atomic E-state index is 11.8. The molecule has 7 heteroatoms. The Bertz CT molecular complexity index is 890. The van der Waals surface area contributed by atoms with Crippen LogP contribution < -0.4 is 5.76 Å². The minimum Gasteiger partial charge on any atom is -0.453 e. The van der Waals surface area contributed by atoms with Crippen molar-refractivity contribution < 1.29 is 13.9 Å². The van der Waals surface area contributed by atoms with Crippen molar-refractivity contribution in [2.24, 2.45) is 5.92 Å². The van der Waals surface area contributed by atoms with Gasteiger partial charge in [-0.05, 0) is 63.6 Å². The number of para-hydroxylation sites is 1. The lowest BCUT2D eigenvalue weighted by atomic mass is 9.89. The van der Waals surface area contributed by atoms with Crippen molar-refractivity contribution in [2.75, 3.05) is 39.8 Å². The van der Waals surface area contributed by atoms with Crippen LogP contribution in [0.5, 0.6) is 0 Å². The van der Waals surface area contributed by atoms with Gasteiger partial charge in [0.15, 0.2) is 5.58 Å². The van der Waals surface area contributed by atoms with Crippen molar-refractivity contribution in [2.45, 2.75) is 44.4 Å². The molecule has 2 aromatic rings. The van der Waals surface area contributed by atoms with Crippen LogP contribution in [-0.4, -0.2) is 60.7 Å². The number of hydrogen-bond donors (Lipinski definition) is 1. The number of aromatic nitrogens is 1. The van der Waals surface area contributed by atoms with E-state index in [1.807, 2.05) is 17.0 Å². The van der Waals surface area contributed by atoms with Gasteiger partial charge in [-0.1, -0.05) is 12.1 Å². The molecular formula is C22H31N3O4. The lowest BCUT2D eigenvalue weighted by Gasteiger charge is -2.34. The molecule has 2 atom stereocenters. The van der Waals surface area contributed by atoms with Crippen LogP contribution in [0.1, 0.15) is 50.0 Å². The number of H-pyrrole nitrogens is 1. The second-order valence-electron chi connectivity index (χ2n) is 8.44. The second-order valence-corrected chi connectivity index (χ2v) is 8.44. The number of carbonyl (C=O) groups excluding carboxylic acids is 1. The fourth-order valence-corrected chi connectivity index (χ4v) is 5.03. The third-order valence-electron chi connectivity index (χ3n) is 6.46. The van der Waals surface area contributed by atoms with Crippen molar-refractivity contribution in [3.8, 4) is 0 Å². The summed E-state index contributed by atoms with van der Waals surface area (Å²) in [6.07, 6.45) is 6.66. The number of amides is 1. The predicted octanol–water partition coefficient (Wildman–Crippen LogP) is 3.56. The molecule has 4 rings (SSSR count). The number of nitrogens with zero attached hydrogens (tertiary/aromatic N) is 2. The first kappa shape index (κ1) is 20.0. The van der Waals surface area contributed by atoms with Gasteiger partial charge < -0.3 is 19.0 Å². The van der Waals surface area contributed by atoms with Crippen molar-refractivity contribution in [1.82, 2.24) is 14.8 Å².